The van der Waals surface area contributed by atoms with Gasteiger partial charge in [-0.15, -0.1) is 0 Å². The van der Waals surface area contributed by atoms with Crippen LogP contribution in [0.2, 0.25) is 0 Å². The Morgan fingerprint density at radius 3 is 2.92 bits per heavy atom. The van der Waals surface area contributed by atoms with Gasteiger partial charge in [0, 0.05) is 6.07 Å². The normalized spacial score (nSPS) is 26.3. The second-order valence-electron chi connectivity index (χ2n) is 3.80. The zero-order valence-corrected chi connectivity index (χ0v) is 7.95. The first-order chi connectivity index (χ1) is 6.18. The summed E-state index contributed by atoms with van der Waals surface area (Å²) in [5, 5.41) is 9.26. The lowest BCUT2D eigenvalue weighted by atomic mass is 9.87. The summed E-state index contributed by atoms with van der Waals surface area (Å²) in [4.78, 5) is 0. The van der Waals surface area contributed by atoms with Crippen LogP contribution in [0.4, 0.5) is 0 Å². The van der Waals surface area contributed by atoms with Crippen molar-refractivity contribution in [1.29, 1.82) is 0 Å². The van der Waals surface area contributed by atoms with Gasteiger partial charge in [0.2, 0.25) is 0 Å². The van der Waals surface area contributed by atoms with Crippen LogP contribution in [0.3, 0.4) is 0 Å². The molecule has 1 heterocycles. The minimum absolute atomic E-state index is 0.278. The van der Waals surface area contributed by atoms with Crippen molar-refractivity contribution in [2.45, 2.75) is 19.8 Å². The molecule has 0 saturated carbocycles. The Morgan fingerprint density at radius 1 is 1.38 bits per heavy atom. The van der Waals surface area contributed by atoms with Crippen molar-refractivity contribution < 1.29 is 9.84 Å². The maximum atomic E-state index is 9.26. The molecule has 0 radical (unpaired) electrons. The average Bonchev–Trinajstić information content (AvgIpc) is 2.12. The summed E-state index contributed by atoms with van der Waals surface area (Å²) in [6.07, 6.45) is 0. The molecule has 1 aromatic carbocycles. The Labute approximate surface area is 78.2 Å². The van der Waals surface area contributed by atoms with Gasteiger partial charge < -0.3 is 9.84 Å². The van der Waals surface area contributed by atoms with Crippen molar-refractivity contribution >= 4 is 0 Å². The second-order valence-corrected chi connectivity index (χ2v) is 3.80. The van der Waals surface area contributed by atoms with Gasteiger partial charge in [0.15, 0.2) is 0 Å². The van der Waals surface area contributed by atoms with Gasteiger partial charge in [0.25, 0.3) is 0 Å². The quantitative estimate of drug-likeness (QED) is 0.661. The van der Waals surface area contributed by atoms with Crippen LogP contribution >= 0.6 is 0 Å². The van der Waals surface area contributed by atoms with Crippen molar-refractivity contribution in [2.75, 3.05) is 6.61 Å². The van der Waals surface area contributed by atoms with Crippen molar-refractivity contribution in [3.8, 4) is 11.5 Å². The smallest absolute Gasteiger partial charge is 0.126 e. The standard InChI is InChI=1S/C11H14O2/c1-7-6-13-11-5-9(12)3-4-10(11)8(7)2/h3-5,7-8,12H,6H2,1-2H3. The highest BCUT2D eigenvalue weighted by Gasteiger charge is 2.23. The number of phenols is 1. The fraction of sp³-hybridized carbons (Fsp3) is 0.455. The fourth-order valence-corrected chi connectivity index (χ4v) is 1.70. The molecule has 1 aliphatic rings. The van der Waals surface area contributed by atoms with Crippen molar-refractivity contribution in [3.05, 3.63) is 23.8 Å². The van der Waals surface area contributed by atoms with Crippen LogP contribution in [0, 0.1) is 5.92 Å². The monoisotopic (exact) mass is 178 g/mol. The maximum Gasteiger partial charge on any atom is 0.126 e. The van der Waals surface area contributed by atoms with E-state index in [-0.39, 0.29) is 5.75 Å². The Morgan fingerprint density at radius 2 is 2.15 bits per heavy atom. The maximum absolute atomic E-state index is 9.26. The van der Waals surface area contributed by atoms with E-state index in [1.54, 1.807) is 12.1 Å². The van der Waals surface area contributed by atoms with Crippen molar-refractivity contribution in [3.63, 3.8) is 0 Å². The number of hydrogen-bond donors (Lipinski definition) is 1. The molecule has 70 valence electrons. The van der Waals surface area contributed by atoms with E-state index in [0.29, 0.717) is 11.8 Å². The van der Waals surface area contributed by atoms with E-state index >= 15 is 0 Å². The van der Waals surface area contributed by atoms with E-state index in [9.17, 15) is 5.11 Å². The largest absolute Gasteiger partial charge is 0.508 e. The van der Waals surface area contributed by atoms with Crippen LogP contribution in [-0.4, -0.2) is 11.7 Å². The lowest BCUT2D eigenvalue weighted by Crippen LogP contribution is -2.21. The number of hydrogen-bond acceptors (Lipinski definition) is 2. The molecule has 0 bridgehead atoms. The van der Waals surface area contributed by atoms with Crippen LogP contribution in [0.5, 0.6) is 11.5 Å². The predicted molar refractivity (Wildman–Crippen MR) is 51.2 cm³/mol. The average molecular weight is 178 g/mol. The summed E-state index contributed by atoms with van der Waals surface area (Å²) < 4.78 is 5.53. The molecular weight excluding hydrogens is 164 g/mol. The minimum Gasteiger partial charge on any atom is -0.508 e. The molecular formula is C11H14O2. The molecule has 0 fully saturated rings. The first-order valence-corrected chi connectivity index (χ1v) is 4.64. The molecule has 2 heteroatoms. The number of benzene rings is 1. The van der Waals surface area contributed by atoms with Crippen LogP contribution in [0.15, 0.2) is 18.2 Å². The summed E-state index contributed by atoms with van der Waals surface area (Å²) in [6.45, 7) is 5.13. The zero-order chi connectivity index (χ0) is 9.42. The number of rotatable bonds is 0. The third kappa shape index (κ3) is 1.37. The summed E-state index contributed by atoms with van der Waals surface area (Å²) in [5.41, 5.74) is 1.21. The molecule has 0 aliphatic carbocycles. The Bertz CT molecular complexity index is 320. The van der Waals surface area contributed by atoms with Gasteiger partial charge in [-0.2, -0.15) is 0 Å². The summed E-state index contributed by atoms with van der Waals surface area (Å²) in [7, 11) is 0. The fourth-order valence-electron chi connectivity index (χ4n) is 1.70. The van der Waals surface area contributed by atoms with E-state index in [1.165, 1.54) is 5.56 Å². The summed E-state index contributed by atoms with van der Waals surface area (Å²) >= 11 is 0. The Hall–Kier alpha value is -1.18. The molecule has 2 rings (SSSR count). The van der Waals surface area contributed by atoms with E-state index in [4.69, 9.17) is 4.74 Å². The molecule has 1 aromatic rings. The van der Waals surface area contributed by atoms with Gasteiger partial charge in [-0.25, -0.2) is 0 Å². The lowest BCUT2D eigenvalue weighted by molar-refractivity contribution is 0.210. The van der Waals surface area contributed by atoms with Crippen molar-refractivity contribution in [2.24, 2.45) is 5.92 Å². The van der Waals surface area contributed by atoms with Gasteiger partial charge in [0.1, 0.15) is 11.5 Å². The molecule has 0 saturated heterocycles. The molecule has 0 aromatic heterocycles. The number of fused-ring (bicyclic) bond motifs is 1. The molecule has 13 heavy (non-hydrogen) atoms. The van der Waals surface area contributed by atoms with Gasteiger partial charge in [-0.1, -0.05) is 19.9 Å². The summed E-state index contributed by atoms with van der Waals surface area (Å²) in [6, 6.07) is 5.36. The first kappa shape index (κ1) is 8.42. The molecule has 1 N–H and O–H groups in total. The predicted octanol–water partition coefficient (Wildman–Crippen LogP) is 2.52. The van der Waals surface area contributed by atoms with Crippen LogP contribution < -0.4 is 4.74 Å². The second kappa shape index (κ2) is 2.95. The van der Waals surface area contributed by atoms with Crippen LogP contribution in [-0.2, 0) is 0 Å². The van der Waals surface area contributed by atoms with E-state index in [2.05, 4.69) is 13.8 Å². The van der Waals surface area contributed by atoms with E-state index in [0.717, 1.165) is 12.4 Å². The molecule has 1 aliphatic heterocycles. The van der Waals surface area contributed by atoms with Gasteiger partial charge in [-0.3, -0.25) is 0 Å². The van der Waals surface area contributed by atoms with Crippen LogP contribution in [0.1, 0.15) is 25.3 Å². The minimum atomic E-state index is 0.278. The summed E-state index contributed by atoms with van der Waals surface area (Å²) in [5.74, 6) is 2.19. The van der Waals surface area contributed by atoms with Gasteiger partial charge >= 0.3 is 0 Å². The molecule has 0 amide bonds. The highest BCUT2D eigenvalue weighted by molar-refractivity contribution is 5.43. The Balaban J connectivity index is 2.44. The lowest BCUT2D eigenvalue weighted by Gasteiger charge is -2.28. The third-order valence-electron chi connectivity index (χ3n) is 2.84. The highest BCUT2D eigenvalue weighted by Crippen LogP contribution is 2.38. The number of ether oxygens (including phenoxy) is 1. The van der Waals surface area contributed by atoms with Crippen LogP contribution in [0.25, 0.3) is 0 Å². The van der Waals surface area contributed by atoms with Crippen molar-refractivity contribution in [1.82, 2.24) is 0 Å². The molecule has 2 unspecified atom stereocenters. The Kier molecular flexibility index (Phi) is 1.91. The number of aromatic hydroxyl groups is 1. The molecule has 2 nitrogen and oxygen atoms in total. The van der Waals surface area contributed by atoms with E-state index < -0.39 is 0 Å². The highest BCUT2D eigenvalue weighted by atomic mass is 16.5. The van der Waals surface area contributed by atoms with Gasteiger partial charge in [-0.05, 0) is 23.5 Å². The third-order valence-corrected chi connectivity index (χ3v) is 2.84. The topological polar surface area (TPSA) is 29.5 Å². The SMILES string of the molecule is CC1COc2cc(O)ccc2C1C. The number of phenolic OH excluding ortho intramolecular Hbond substituents is 1. The van der Waals surface area contributed by atoms with E-state index in [1.807, 2.05) is 6.07 Å². The first-order valence-electron chi connectivity index (χ1n) is 4.64. The zero-order valence-electron chi connectivity index (χ0n) is 7.95. The molecule has 2 atom stereocenters. The molecule has 0 spiro atoms. The van der Waals surface area contributed by atoms with Gasteiger partial charge in [0.05, 0.1) is 6.61 Å².